The van der Waals surface area contributed by atoms with Gasteiger partial charge in [0.1, 0.15) is 0 Å². The molecule has 0 aliphatic carbocycles. The van der Waals surface area contributed by atoms with E-state index >= 15 is 0 Å². The molecule has 0 radical (unpaired) electrons. The molecule has 2 N–H and O–H groups in total. The fourth-order valence-corrected chi connectivity index (χ4v) is 4.10. The van der Waals surface area contributed by atoms with Crippen LogP contribution in [0.15, 0.2) is 24.3 Å². The van der Waals surface area contributed by atoms with Gasteiger partial charge in [0.2, 0.25) is 0 Å². The Morgan fingerprint density at radius 3 is 2.54 bits per heavy atom. The Balaban J connectivity index is 1.78. The van der Waals surface area contributed by atoms with Gasteiger partial charge in [0, 0.05) is 51.4 Å². The van der Waals surface area contributed by atoms with Gasteiger partial charge in [-0.25, -0.2) is 0 Å². The molecule has 3 rings (SSSR count). The van der Waals surface area contributed by atoms with Crippen molar-refractivity contribution in [2.24, 2.45) is 0 Å². The number of piperidine rings is 1. The predicted molar refractivity (Wildman–Crippen MR) is 99.3 cm³/mol. The SMILES string of the molecule is CCC1CNCCN1C(CN1CCC(O)CC1)c1ccc(C)cc1. The average molecular weight is 332 g/mol. The molecular formula is C20H33N3O. The average Bonchev–Trinajstić information content (AvgIpc) is 2.62. The minimum absolute atomic E-state index is 0.0957. The highest BCUT2D eigenvalue weighted by Gasteiger charge is 2.31. The predicted octanol–water partition coefficient (Wildman–Crippen LogP) is 2.18. The largest absolute Gasteiger partial charge is 0.393 e. The van der Waals surface area contributed by atoms with Crippen LogP contribution in [0.25, 0.3) is 0 Å². The van der Waals surface area contributed by atoms with Crippen LogP contribution in [0, 0.1) is 6.92 Å². The second kappa shape index (κ2) is 8.43. The number of hydrogen-bond acceptors (Lipinski definition) is 4. The summed E-state index contributed by atoms with van der Waals surface area (Å²) in [6.07, 6.45) is 2.92. The maximum atomic E-state index is 9.79. The van der Waals surface area contributed by atoms with Crippen LogP contribution in [0.4, 0.5) is 0 Å². The van der Waals surface area contributed by atoms with Gasteiger partial charge >= 0.3 is 0 Å². The Labute approximate surface area is 146 Å². The standard InChI is InChI=1S/C20H33N3O/c1-3-18-14-21-10-13-23(18)20(17-6-4-16(2)5-7-17)15-22-11-8-19(24)9-12-22/h4-7,18-21,24H,3,8-15H2,1-2H3. The third kappa shape index (κ3) is 4.37. The maximum Gasteiger partial charge on any atom is 0.0564 e. The Bertz CT molecular complexity index is 496. The molecule has 1 aromatic rings. The molecule has 134 valence electrons. The molecule has 0 saturated carbocycles. The first-order valence-electron chi connectivity index (χ1n) is 9.61. The van der Waals surface area contributed by atoms with Crippen LogP contribution in [0.3, 0.4) is 0 Å². The van der Waals surface area contributed by atoms with Crippen LogP contribution in [-0.4, -0.2) is 66.3 Å². The van der Waals surface area contributed by atoms with E-state index < -0.39 is 0 Å². The molecule has 0 amide bonds. The monoisotopic (exact) mass is 331 g/mol. The zero-order valence-corrected chi connectivity index (χ0v) is 15.2. The molecule has 4 nitrogen and oxygen atoms in total. The van der Waals surface area contributed by atoms with Crippen LogP contribution in [0.1, 0.15) is 43.4 Å². The van der Waals surface area contributed by atoms with Crippen molar-refractivity contribution >= 4 is 0 Å². The van der Waals surface area contributed by atoms with Crippen LogP contribution < -0.4 is 5.32 Å². The highest BCUT2D eigenvalue weighted by molar-refractivity contribution is 5.25. The summed E-state index contributed by atoms with van der Waals surface area (Å²) in [7, 11) is 0. The van der Waals surface area contributed by atoms with Crippen molar-refractivity contribution in [3.63, 3.8) is 0 Å². The van der Waals surface area contributed by atoms with Crippen LogP contribution in [0.2, 0.25) is 0 Å². The van der Waals surface area contributed by atoms with Crippen LogP contribution in [0.5, 0.6) is 0 Å². The van der Waals surface area contributed by atoms with Crippen molar-refractivity contribution in [2.75, 3.05) is 39.3 Å². The third-order valence-corrected chi connectivity index (χ3v) is 5.72. The smallest absolute Gasteiger partial charge is 0.0564 e. The zero-order valence-electron chi connectivity index (χ0n) is 15.2. The van der Waals surface area contributed by atoms with Gasteiger partial charge in [0.15, 0.2) is 0 Å². The summed E-state index contributed by atoms with van der Waals surface area (Å²) < 4.78 is 0. The Hall–Kier alpha value is -0.940. The number of nitrogens with one attached hydrogen (secondary N) is 1. The summed E-state index contributed by atoms with van der Waals surface area (Å²) in [6, 6.07) is 10.2. The number of rotatable bonds is 5. The minimum Gasteiger partial charge on any atom is -0.393 e. The quantitative estimate of drug-likeness (QED) is 0.867. The highest BCUT2D eigenvalue weighted by Crippen LogP contribution is 2.27. The van der Waals surface area contributed by atoms with Crippen LogP contribution in [-0.2, 0) is 0 Å². The third-order valence-electron chi connectivity index (χ3n) is 5.72. The van der Waals surface area contributed by atoms with E-state index in [-0.39, 0.29) is 6.10 Å². The Kier molecular flexibility index (Phi) is 6.28. The van der Waals surface area contributed by atoms with Crippen LogP contribution >= 0.6 is 0 Å². The first-order chi connectivity index (χ1) is 11.7. The Morgan fingerprint density at radius 2 is 1.88 bits per heavy atom. The van der Waals surface area contributed by atoms with Crippen molar-refractivity contribution in [2.45, 2.75) is 51.3 Å². The van der Waals surface area contributed by atoms with Gasteiger partial charge in [-0.3, -0.25) is 4.90 Å². The number of piperazine rings is 1. The van der Waals surface area contributed by atoms with E-state index in [9.17, 15) is 5.11 Å². The molecule has 24 heavy (non-hydrogen) atoms. The number of likely N-dealkylation sites (tertiary alicyclic amines) is 1. The van der Waals surface area contributed by atoms with Crippen molar-refractivity contribution in [1.82, 2.24) is 15.1 Å². The molecular weight excluding hydrogens is 298 g/mol. The van der Waals surface area contributed by atoms with E-state index in [0.717, 1.165) is 52.1 Å². The molecule has 2 heterocycles. The molecule has 4 heteroatoms. The lowest BCUT2D eigenvalue weighted by atomic mass is 9.98. The molecule has 2 aliphatic heterocycles. The van der Waals surface area contributed by atoms with Crippen molar-refractivity contribution in [3.8, 4) is 0 Å². The van der Waals surface area contributed by atoms with E-state index in [1.165, 1.54) is 17.5 Å². The number of aliphatic hydroxyl groups is 1. The topological polar surface area (TPSA) is 38.7 Å². The molecule has 0 bridgehead atoms. The Morgan fingerprint density at radius 1 is 1.17 bits per heavy atom. The summed E-state index contributed by atoms with van der Waals surface area (Å²) in [5.41, 5.74) is 2.76. The van der Waals surface area contributed by atoms with Crippen molar-refractivity contribution < 1.29 is 5.11 Å². The molecule has 2 atom stereocenters. The molecule has 2 fully saturated rings. The molecule has 0 aromatic heterocycles. The number of aliphatic hydroxyl groups excluding tert-OH is 1. The molecule has 1 aromatic carbocycles. The molecule has 0 spiro atoms. The summed E-state index contributed by atoms with van der Waals surface area (Å²) >= 11 is 0. The van der Waals surface area contributed by atoms with E-state index in [2.05, 4.69) is 53.2 Å². The number of hydrogen-bond donors (Lipinski definition) is 2. The summed E-state index contributed by atoms with van der Waals surface area (Å²) in [4.78, 5) is 5.26. The van der Waals surface area contributed by atoms with Gasteiger partial charge in [0.25, 0.3) is 0 Å². The van der Waals surface area contributed by atoms with E-state index in [4.69, 9.17) is 0 Å². The zero-order chi connectivity index (χ0) is 16.9. The maximum absolute atomic E-state index is 9.79. The molecule has 2 aliphatic rings. The second-order valence-corrected chi connectivity index (χ2v) is 7.46. The fraction of sp³-hybridized carbons (Fsp3) is 0.700. The first kappa shape index (κ1) is 17.9. The van der Waals surface area contributed by atoms with Gasteiger partial charge in [-0.15, -0.1) is 0 Å². The van der Waals surface area contributed by atoms with E-state index in [1.807, 2.05) is 0 Å². The second-order valence-electron chi connectivity index (χ2n) is 7.46. The van der Waals surface area contributed by atoms with Gasteiger partial charge in [-0.05, 0) is 31.7 Å². The molecule has 2 unspecified atom stereocenters. The van der Waals surface area contributed by atoms with E-state index in [0.29, 0.717) is 12.1 Å². The number of aryl methyl sites for hydroxylation is 1. The lowest BCUT2D eigenvalue weighted by Gasteiger charge is -2.44. The van der Waals surface area contributed by atoms with Gasteiger partial charge < -0.3 is 15.3 Å². The normalized spacial score (nSPS) is 25.7. The highest BCUT2D eigenvalue weighted by atomic mass is 16.3. The summed E-state index contributed by atoms with van der Waals surface area (Å²) in [5.74, 6) is 0. The van der Waals surface area contributed by atoms with Crippen molar-refractivity contribution in [1.29, 1.82) is 0 Å². The van der Waals surface area contributed by atoms with Crippen molar-refractivity contribution in [3.05, 3.63) is 35.4 Å². The van der Waals surface area contributed by atoms with Gasteiger partial charge in [0.05, 0.1) is 6.10 Å². The minimum atomic E-state index is -0.0957. The summed E-state index contributed by atoms with van der Waals surface area (Å²) in [6.45, 7) is 10.9. The number of nitrogens with zero attached hydrogens (tertiary/aromatic N) is 2. The van der Waals surface area contributed by atoms with Gasteiger partial charge in [-0.2, -0.15) is 0 Å². The molecule has 2 saturated heterocycles. The number of benzene rings is 1. The fourth-order valence-electron chi connectivity index (χ4n) is 4.10. The lowest BCUT2D eigenvalue weighted by Crippen LogP contribution is -2.54. The summed E-state index contributed by atoms with van der Waals surface area (Å²) in [5, 5.41) is 13.3. The van der Waals surface area contributed by atoms with Gasteiger partial charge in [-0.1, -0.05) is 36.8 Å². The lowest BCUT2D eigenvalue weighted by molar-refractivity contribution is 0.0417. The first-order valence-corrected chi connectivity index (χ1v) is 9.61. The van der Waals surface area contributed by atoms with E-state index in [1.54, 1.807) is 0 Å².